The van der Waals surface area contributed by atoms with Crippen molar-refractivity contribution in [1.29, 1.82) is 0 Å². The molecule has 0 saturated heterocycles. The number of hydrogen-bond acceptors (Lipinski definition) is 5. The Morgan fingerprint density at radius 1 is 1.30 bits per heavy atom. The zero-order valence-electron chi connectivity index (χ0n) is 11.8. The van der Waals surface area contributed by atoms with Gasteiger partial charge in [0.15, 0.2) is 0 Å². The van der Waals surface area contributed by atoms with Crippen LogP contribution in [0, 0.1) is 13.8 Å². The molecule has 2 aromatic rings. The number of aliphatic hydroxyl groups is 1. The molecule has 0 amide bonds. The Kier molecular flexibility index (Phi) is 4.57. The summed E-state index contributed by atoms with van der Waals surface area (Å²) < 4.78 is 1.71. The number of rotatable bonds is 6. The van der Waals surface area contributed by atoms with Crippen LogP contribution in [0.5, 0.6) is 5.75 Å². The van der Waals surface area contributed by atoms with Gasteiger partial charge in [-0.25, -0.2) is 0 Å². The molecule has 6 heteroatoms. The molecule has 0 aliphatic carbocycles. The fourth-order valence-corrected chi connectivity index (χ4v) is 1.97. The van der Waals surface area contributed by atoms with Crippen LogP contribution in [0.2, 0.25) is 0 Å². The number of anilines is 1. The summed E-state index contributed by atoms with van der Waals surface area (Å²) >= 11 is 0. The summed E-state index contributed by atoms with van der Waals surface area (Å²) in [7, 11) is 0. The fraction of sp³-hybridized carbons (Fsp3) is 0.429. The zero-order valence-corrected chi connectivity index (χ0v) is 11.8. The van der Waals surface area contributed by atoms with Gasteiger partial charge in [-0.1, -0.05) is 11.3 Å². The Hall–Kier alpha value is -2.08. The summed E-state index contributed by atoms with van der Waals surface area (Å²) in [4.78, 5) is 0. The smallest absolute Gasteiger partial charge is 0.123 e. The van der Waals surface area contributed by atoms with Gasteiger partial charge in [0.2, 0.25) is 0 Å². The highest BCUT2D eigenvalue weighted by Gasteiger charge is 2.07. The summed E-state index contributed by atoms with van der Waals surface area (Å²) in [6.07, 6.45) is 2.52. The first-order chi connectivity index (χ1) is 9.61. The summed E-state index contributed by atoms with van der Waals surface area (Å²) in [6.45, 7) is 5.10. The third-order valence-corrected chi connectivity index (χ3v) is 3.22. The van der Waals surface area contributed by atoms with Gasteiger partial charge < -0.3 is 15.5 Å². The molecule has 108 valence electrons. The minimum absolute atomic E-state index is 0.148. The second-order valence-corrected chi connectivity index (χ2v) is 4.81. The Morgan fingerprint density at radius 2 is 2.10 bits per heavy atom. The topological polar surface area (TPSA) is 83.2 Å². The average Bonchev–Trinajstić information content (AvgIpc) is 2.90. The lowest BCUT2D eigenvalue weighted by molar-refractivity contribution is 0.276. The van der Waals surface area contributed by atoms with Crippen molar-refractivity contribution in [3.63, 3.8) is 0 Å². The first-order valence-electron chi connectivity index (χ1n) is 6.64. The first-order valence-corrected chi connectivity index (χ1v) is 6.64. The highest BCUT2D eigenvalue weighted by molar-refractivity contribution is 5.59. The summed E-state index contributed by atoms with van der Waals surface area (Å²) in [5.41, 5.74) is 3.40. The van der Waals surface area contributed by atoms with Crippen LogP contribution in [0.4, 0.5) is 5.69 Å². The van der Waals surface area contributed by atoms with Crippen molar-refractivity contribution in [2.24, 2.45) is 0 Å². The van der Waals surface area contributed by atoms with Gasteiger partial charge in [0.25, 0.3) is 0 Å². The molecule has 0 radical (unpaired) electrons. The van der Waals surface area contributed by atoms with E-state index in [1.54, 1.807) is 4.68 Å². The highest BCUT2D eigenvalue weighted by atomic mass is 16.3. The van der Waals surface area contributed by atoms with Crippen molar-refractivity contribution in [3.8, 4) is 5.75 Å². The average molecular weight is 276 g/mol. The van der Waals surface area contributed by atoms with Gasteiger partial charge in [-0.15, -0.1) is 5.10 Å². The number of hydrogen-bond donors (Lipinski definition) is 3. The maximum atomic E-state index is 9.89. The number of nitrogens with one attached hydrogen (secondary N) is 1. The number of aliphatic hydroxyl groups excluding tert-OH is 1. The Morgan fingerprint density at radius 3 is 2.85 bits per heavy atom. The van der Waals surface area contributed by atoms with Gasteiger partial charge in [0.1, 0.15) is 11.4 Å². The van der Waals surface area contributed by atoms with E-state index in [0.717, 1.165) is 22.5 Å². The maximum Gasteiger partial charge on any atom is 0.123 e. The van der Waals surface area contributed by atoms with Crippen LogP contribution in [0.3, 0.4) is 0 Å². The molecule has 1 aromatic carbocycles. The molecule has 0 fully saturated rings. The first kappa shape index (κ1) is 14.3. The van der Waals surface area contributed by atoms with Gasteiger partial charge in [0, 0.05) is 24.4 Å². The van der Waals surface area contributed by atoms with E-state index < -0.39 is 0 Å². The van der Waals surface area contributed by atoms with E-state index in [9.17, 15) is 5.11 Å². The van der Waals surface area contributed by atoms with E-state index >= 15 is 0 Å². The third-order valence-electron chi connectivity index (χ3n) is 3.22. The van der Waals surface area contributed by atoms with Gasteiger partial charge in [-0.3, -0.25) is 4.68 Å². The van der Waals surface area contributed by atoms with Crippen LogP contribution >= 0.6 is 0 Å². The molecule has 0 bridgehead atoms. The fourth-order valence-electron chi connectivity index (χ4n) is 1.97. The molecule has 2 rings (SSSR count). The predicted octanol–water partition coefficient (Wildman–Crippen LogP) is 1.60. The van der Waals surface area contributed by atoms with Crippen LogP contribution in [0.1, 0.15) is 23.2 Å². The maximum absolute atomic E-state index is 9.89. The Labute approximate surface area is 118 Å². The van der Waals surface area contributed by atoms with E-state index in [2.05, 4.69) is 15.6 Å². The van der Waals surface area contributed by atoms with Crippen LogP contribution in [-0.2, 0) is 13.1 Å². The minimum atomic E-state index is 0.148. The van der Waals surface area contributed by atoms with Crippen molar-refractivity contribution in [3.05, 3.63) is 35.2 Å². The Balaban J connectivity index is 1.98. The SMILES string of the molecule is Cc1ccc(NCc2cn(CCCO)nn2)c(C)c1O. The molecule has 3 N–H and O–H groups in total. The van der Waals surface area contributed by atoms with Crippen molar-refractivity contribution in [2.45, 2.75) is 33.4 Å². The molecule has 0 saturated carbocycles. The molecule has 0 aliphatic heterocycles. The van der Waals surface area contributed by atoms with Gasteiger partial charge in [-0.2, -0.15) is 0 Å². The van der Waals surface area contributed by atoms with Crippen LogP contribution in [0.15, 0.2) is 18.3 Å². The van der Waals surface area contributed by atoms with Gasteiger partial charge in [-0.05, 0) is 31.9 Å². The lowest BCUT2D eigenvalue weighted by Gasteiger charge is -2.11. The number of aryl methyl sites for hydroxylation is 2. The molecule has 6 nitrogen and oxygen atoms in total. The third kappa shape index (κ3) is 3.27. The van der Waals surface area contributed by atoms with E-state index in [1.165, 1.54) is 0 Å². The lowest BCUT2D eigenvalue weighted by Crippen LogP contribution is -2.02. The molecule has 0 unspecified atom stereocenters. The van der Waals surface area contributed by atoms with Crippen LogP contribution < -0.4 is 5.32 Å². The quantitative estimate of drug-likeness (QED) is 0.746. The number of aromatic nitrogens is 3. The van der Waals surface area contributed by atoms with E-state index in [0.29, 0.717) is 25.3 Å². The van der Waals surface area contributed by atoms with Crippen molar-refractivity contribution in [2.75, 3.05) is 11.9 Å². The standard InChI is InChI=1S/C14H20N4O2/c1-10-4-5-13(11(2)14(10)20)15-8-12-9-18(17-16-12)6-3-7-19/h4-5,9,15,19-20H,3,6-8H2,1-2H3. The number of aromatic hydroxyl groups is 1. The molecule has 0 aliphatic rings. The largest absolute Gasteiger partial charge is 0.507 e. The van der Waals surface area contributed by atoms with Gasteiger partial charge >= 0.3 is 0 Å². The van der Waals surface area contributed by atoms with E-state index in [-0.39, 0.29) is 6.61 Å². The lowest BCUT2D eigenvalue weighted by atomic mass is 10.1. The number of phenolic OH excluding ortho intramolecular Hbond substituents is 1. The predicted molar refractivity (Wildman–Crippen MR) is 76.6 cm³/mol. The molecule has 1 heterocycles. The molecule has 1 aromatic heterocycles. The normalized spacial score (nSPS) is 10.8. The number of benzene rings is 1. The summed E-state index contributed by atoms with van der Waals surface area (Å²) in [5, 5.41) is 29.9. The van der Waals surface area contributed by atoms with Crippen molar-refractivity contribution in [1.82, 2.24) is 15.0 Å². The van der Waals surface area contributed by atoms with Gasteiger partial charge in [0.05, 0.1) is 12.7 Å². The number of phenols is 1. The second kappa shape index (κ2) is 6.38. The Bertz CT molecular complexity index is 581. The summed E-state index contributed by atoms with van der Waals surface area (Å²) in [5.74, 6) is 0.321. The molecular formula is C14H20N4O2. The van der Waals surface area contributed by atoms with Crippen LogP contribution in [0.25, 0.3) is 0 Å². The molecular weight excluding hydrogens is 256 g/mol. The monoisotopic (exact) mass is 276 g/mol. The van der Waals surface area contributed by atoms with E-state index in [1.807, 2.05) is 32.2 Å². The molecule has 0 spiro atoms. The van der Waals surface area contributed by atoms with E-state index in [4.69, 9.17) is 5.11 Å². The second-order valence-electron chi connectivity index (χ2n) is 4.81. The number of nitrogens with zero attached hydrogens (tertiary/aromatic N) is 3. The van der Waals surface area contributed by atoms with Crippen molar-refractivity contribution < 1.29 is 10.2 Å². The molecule has 20 heavy (non-hydrogen) atoms. The molecule has 0 atom stereocenters. The minimum Gasteiger partial charge on any atom is -0.507 e. The highest BCUT2D eigenvalue weighted by Crippen LogP contribution is 2.28. The van der Waals surface area contributed by atoms with Crippen LogP contribution in [-0.4, -0.2) is 31.8 Å². The zero-order chi connectivity index (χ0) is 14.5. The summed E-state index contributed by atoms with van der Waals surface area (Å²) in [6, 6.07) is 3.82. The van der Waals surface area contributed by atoms with Crippen molar-refractivity contribution >= 4 is 5.69 Å².